The summed E-state index contributed by atoms with van der Waals surface area (Å²) in [7, 11) is -4.72. The van der Waals surface area contributed by atoms with Gasteiger partial charge in [-0.15, -0.1) is 0 Å². The van der Waals surface area contributed by atoms with Crippen LogP contribution in [0.15, 0.2) is 44.8 Å². The number of hydrogen-bond acceptors (Lipinski definition) is 5. The minimum absolute atomic E-state index is 0.265. The van der Waals surface area contributed by atoms with Crippen molar-refractivity contribution in [3.05, 3.63) is 44.8 Å². The summed E-state index contributed by atoms with van der Waals surface area (Å²) in [5, 5.41) is 2.11. The number of ketones is 2. The van der Waals surface area contributed by atoms with Crippen molar-refractivity contribution < 1.29 is 23.8 Å². The summed E-state index contributed by atoms with van der Waals surface area (Å²) >= 11 is 0. The summed E-state index contributed by atoms with van der Waals surface area (Å²) < 4.78 is 20.0. The van der Waals surface area contributed by atoms with Crippen molar-refractivity contribution in [2.24, 2.45) is 0 Å². The topological polar surface area (TPSA) is 61.8 Å². The average Bonchev–Trinajstić information content (AvgIpc) is 3.54. The lowest BCUT2D eigenvalue weighted by molar-refractivity contribution is -0.247. The van der Waals surface area contributed by atoms with E-state index in [-0.39, 0.29) is 11.6 Å². The molecule has 0 aromatic heterocycles. The predicted molar refractivity (Wildman–Crippen MR) is 175 cm³/mol. The molecule has 7 heteroatoms. The largest absolute Gasteiger partial charge is 0.330 e. The van der Waals surface area contributed by atoms with Gasteiger partial charge >= 0.3 is 0 Å². The van der Waals surface area contributed by atoms with Crippen molar-refractivity contribution in [2.75, 3.05) is 6.61 Å². The Balaban J connectivity index is 1.90. The quantitative estimate of drug-likeness (QED) is 0.232. The summed E-state index contributed by atoms with van der Waals surface area (Å²) in [5.41, 5.74) is 4.58. The van der Waals surface area contributed by atoms with Crippen LogP contribution in [0, 0.1) is 0 Å². The van der Waals surface area contributed by atoms with Crippen LogP contribution in [0.5, 0.6) is 0 Å². The first-order valence-corrected chi connectivity index (χ1v) is 21.0. The second-order valence-corrected chi connectivity index (χ2v) is 26.9. The van der Waals surface area contributed by atoms with E-state index < -0.39 is 33.8 Å². The van der Waals surface area contributed by atoms with Gasteiger partial charge in [0.2, 0.25) is 0 Å². The van der Waals surface area contributed by atoms with Gasteiger partial charge in [-0.1, -0.05) is 83.1 Å². The van der Waals surface area contributed by atoms with Crippen molar-refractivity contribution in [1.29, 1.82) is 0 Å². The molecule has 5 nitrogen and oxygen atoms in total. The van der Waals surface area contributed by atoms with Crippen LogP contribution in [-0.4, -0.2) is 52.0 Å². The summed E-state index contributed by atoms with van der Waals surface area (Å²) in [6.45, 7) is 29.4. The summed E-state index contributed by atoms with van der Waals surface area (Å²) in [6.07, 6.45) is 5.21. The fraction of sp³-hybridized carbons (Fsp3) is 0.714. The van der Waals surface area contributed by atoms with Crippen LogP contribution in [0.25, 0.3) is 0 Å². The van der Waals surface area contributed by atoms with Crippen molar-refractivity contribution in [3.63, 3.8) is 0 Å². The molecule has 4 aliphatic carbocycles. The smallest absolute Gasteiger partial charge is 0.274 e. The number of ether oxygens (including phenoxy) is 3. The van der Waals surface area contributed by atoms with Gasteiger partial charge in [-0.05, 0) is 85.0 Å². The predicted octanol–water partition coefficient (Wildman–Crippen LogP) is 8.69. The van der Waals surface area contributed by atoms with Crippen molar-refractivity contribution in [3.8, 4) is 0 Å². The number of carbonyl (C=O) groups excluding carboxylic acids is 2. The third-order valence-electron chi connectivity index (χ3n) is 11.9. The van der Waals surface area contributed by atoms with E-state index in [2.05, 4.69) is 95.2 Å². The minimum Gasteiger partial charge on any atom is -0.330 e. The number of hydrogen-bond donors (Lipinski definition) is 0. The van der Waals surface area contributed by atoms with Gasteiger partial charge in [0, 0.05) is 19.4 Å². The number of carbonyl (C=O) groups is 2. The molecule has 0 aromatic carbocycles. The first-order chi connectivity index (χ1) is 19.5. The molecule has 0 radical (unpaired) electrons. The molecule has 0 unspecified atom stereocenters. The molecular weight excluding hydrogens is 557 g/mol. The highest BCUT2D eigenvalue weighted by atomic mass is 28.3. The molecule has 0 amide bonds. The maximum atomic E-state index is 14.2. The Kier molecular flexibility index (Phi) is 7.88. The lowest BCUT2D eigenvalue weighted by Crippen LogP contribution is -2.54. The Morgan fingerprint density at radius 2 is 0.976 bits per heavy atom. The van der Waals surface area contributed by atoms with Crippen LogP contribution in [0.1, 0.15) is 103 Å². The Labute approximate surface area is 256 Å². The zero-order valence-corrected chi connectivity index (χ0v) is 30.4. The summed E-state index contributed by atoms with van der Waals surface area (Å²) in [5.74, 6) is 0.530. The van der Waals surface area contributed by atoms with Crippen LogP contribution in [0.2, 0.25) is 33.2 Å². The highest BCUT2D eigenvalue weighted by Gasteiger charge is 2.75. The lowest BCUT2D eigenvalue weighted by atomic mass is 9.83. The van der Waals surface area contributed by atoms with Crippen molar-refractivity contribution in [2.45, 2.75) is 154 Å². The number of Topliss-reactive ketones (excluding diaryl/α,β-unsaturated/α-hetero) is 2. The summed E-state index contributed by atoms with van der Waals surface area (Å²) in [4.78, 5) is 28.5. The number of allylic oxidation sites excluding steroid dienone is 2. The van der Waals surface area contributed by atoms with Crippen LogP contribution in [-0.2, 0) is 23.8 Å². The third kappa shape index (κ3) is 3.63. The Hall–Kier alpha value is -1.39. The maximum Gasteiger partial charge on any atom is 0.274 e. The second-order valence-electron chi connectivity index (χ2n) is 15.3. The van der Waals surface area contributed by atoms with Crippen LogP contribution < -0.4 is 0 Å². The van der Waals surface area contributed by atoms with Gasteiger partial charge in [-0.3, -0.25) is 9.59 Å². The fourth-order valence-corrected chi connectivity index (χ4v) is 25.3. The van der Waals surface area contributed by atoms with Crippen LogP contribution >= 0.6 is 0 Å². The highest BCUT2D eigenvalue weighted by molar-refractivity contribution is 6.94. The average molecular weight is 611 g/mol. The van der Waals surface area contributed by atoms with Gasteiger partial charge in [-0.2, -0.15) is 0 Å². The zero-order valence-electron chi connectivity index (χ0n) is 28.4. The van der Waals surface area contributed by atoms with E-state index in [4.69, 9.17) is 14.2 Å². The van der Waals surface area contributed by atoms with Gasteiger partial charge < -0.3 is 14.2 Å². The number of fused-ring (bicyclic) bond motifs is 2. The van der Waals surface area contributed by atoms with E-state index in [0.29, 0.717) is 52.7 Å². The van der Waals surface area contributed by atoms with Crippen LogP contribution in [0.3, 0.4) is 0 Å². The molecule has 0 spiro atoms. The molecule has 0 aromatic rings. The second kappa shape index (κ2) is 10.3. The van der Waals surface area contributed by atoms with Gasteiger partial charge in [0.1, 0.15) is 0 Å². The molecule has 0 saturated carbocycles. The minimum atomic E-state index is -2.36. The molecule has 0 N–H and O–H groups in total. The van der Waals surface area contributed by atoms with Gasteiger partial charge in [-0.25, -0.2) is 0 Å². The first-order valence-electron chi connectivity index (χ1n) is 16.5. The molecule has 1 heterocycles. The van der Waals surface area contributed by atoms with E-state index in [9.17, 15) is 9.59 Å². The van der Waals surface area contributed by atoms with Crippen LogP contribution in [0.4, 0.5) is 0 Å². The molecule has 42 heavy (non-hydrogen) atoms. The monoisotopic (exact) mass is 610 g/mol. The zero-order chi connectivity index (χ0) is 31.3. The van der Waals surface area contributed by atoms with E-state index in [1.807, 2.05) is 6.92 Å². The first kappa shape index (κ1) is 32.0. The SMILES string of the molecule is CCOC1O[C@]23C=C4CC(=O)C([Si](C(C)C)(C(C)C)C(C)C)=C4[C@]2(C=C2CC(=O)C([Si](C(C)C)(C(C)C)C(C)C)=C23)O1. The molecule has 2 atom stereocenters. The van der Waals surface area contributed by atoms with Gasteiger partial charge in [0.05, 0.1) is 16.1 Å². The molecule has 232 valence electrons. The molecule has 0 bridgehead atoms. The van der Waals surface area contributed by atoms with E-state index in [1.54, 1.807) is 0 Å². The highest BCUT2D eigenvalue weighted by Crippen LogP contribution is 2.70. The molecule has 5 aliphatic rings. The third-order valence-corrected chi connectivity index (χ3v) is 26.2. The molecule has 1 saturated heterocycles. The fourth-order valence-electron chi connectivity index (χ4n) is 11.2. The Morgan fingerprint density at radius 1 is 0.667 bits per heavy atom. The molecular formula is C35H54O5Si2. The summed E-state index contributed by atoms with van der Waals surface area (Å²) in [6, 6.07) is 0. The van der Waals surface area contributed by atoms with Gasteiger partial charge in [0.15, 0.2) is 22.8 Å². The normalized spacial score (nSPS) is 28.1. The van der Waals surface area contributed by atoms with E-state index in [0.717, 1.165) is 32.7 Å². The number of rotatable bonds is 10. The van der Waals surface area contributed by atoms with Crippen molar-refractivity contribution in [1.82, 2.24) is 0 Å². The Bertz CT molecular complexity index is 1180. The molecule has 1 aliphatic heterocycles. The lowest BCUT2D eigenvalue weighted by Gasteiger charge is -2.46. The van der Waals surface area contributed by atoms with E-state index in [1.165, 1.54) is 0 Å². The molecule has 5 rings (SSSR count). The standard InChI is InChI=1S/C35H54O5Si2/c1-14-38-33-39-34-18-26-16-28(37)32(42(22(8)9,23(10)11)24(12)13)30(26)35(34,40-33)17-25-15-27(36)31(29(25)34)41(19(2)3,20(4)5)21(6)7/h17-24,33H,14-16H2,1-13H3/t34-,35-/m0/s1. The Morgan fingerprint density at radius 3 is 1.24 bits per heavy atom. The maximum absolute atomic E-state index is 14.2. The van der Waals surface area contributed by atoms with E-state index >= 15 is 0 Å². The van der Waals surface area contributed by atoms with Gasteiger partial charge in [0.25, 0.3) is 6.48 Å². The molecule has 1 fully saturated rings. The van der Waals surface area contributed by atoms with Crippen molar-refractivity contribution >= 4 is 27.7 Å².